The third kappa shape index (κ3) is 3.96. The second-order valence-electron chi connectivity index (χ2n) is 7.59. The van der Waals surface area contributed by atoms with Crippen LogP contribution in [-0.4, -0.2) is 26.9 Å². The highest BCUT2D eigenvalue weighted by Gasteiger charge is 2.19. The Morgan fingerprint density at radius 2 is 1.70 bits per heavy atom. The van der Waals surface area contributed by atoms with Gasteiger partial charge in [-0.25, -0.2) is 9.67 Å². The van der Waals surface area contributed by atoms with Gasteiger partial charge in [0.25, 0.3) is 5.56 Å². The van der Waals surface area contributed by atoms with Crippen molar-refractivity contribution in [1.82, 2.24) is 19.7 Å². The van der Waals surface area contributed by atoms with Crippen molar-refractivity contribution in [3.05, 3.63) is 94.8 Å². The molecule has 3 aromatic carbocycles. The third-order valence-electron chi connectivity index (χ3n) is 5.42. The molecule has 0 saturated heterocycles. The van der Waals surface area contributed by atoms with Gasteiger partial charge in [-0.1, -0.05) is 60.7 Å². The fraction of sp³-hybridized carbons (Fsp3) is 0.115. The van der Waals surface area contributed by atoms with E-state index in [9.17, 15) is 4.79 Å². The molecule has 5 rings (SSSR count). The average Bonchev–Trinajstić information content (AvgIpc) is 3.20. The van der Waals surface area contributed by atoms with E-state index in [0.29, 0.717) is 46.2 Å². The van der Waals surface area contributed by atoms with Crippen LogP contribution in [0.1, 0.15) is 5.56 Å². The van der Waals surface area contributed by atoms with Crippen LogP contribution in [-0.2, 0) is 13.7 Å². The van der Waals surface area contributed by atoms with Crippen molar-refractivity contribution in [3.63, 3.8) is 0 Å². The molecule has 0 aliphatic carbocycles. The van der Waals surface area contributed by atoms with Crippen LogP contribution in [0.2, 0.25) is 0 Å². The van der Waals surface area contributed by atoms with Gasteiger partial charge >= 0.3 is 0 Å². The third-order valence-corrected chi connectivity index (χ3v) is 5.42. The van der Waals surface area contributed by atoms with E-state index < -0.39 is 0 Å². The van der Waals surface area contributed by atoms with Crippen LogP contribution >= 0.6 is 0 Å². The number of aryl methyl sites for hydroxylation is 1. The van der Waals surface area contributed by atoms with E-state index in [1.165, 1.54) is 0 Å². The molecular formula is C26H22N4O3. The fourth-order valence-electron chi connectivity index (χ4n) is 3.78. The lowest BCUT2D eigenvalue weighted by Crippen LogP contribution is -2.10. The van der Waals surface area contributed by atoms with Crippen LogP contribution in [0.5, 0.6) is 11.5 Å². The number of rotatable bonds is 6. The summed E-state index contributed by atoms with van der Waals surface area (Å²) in [5.74, 6) is 1.62. The predicted octanol–water partition coefficient (Wildman–Crippen LogP) is 4.58. The van der Waals surface area contributed by atoms with Crippen molar-refractivity contribution in [2.75, 3.05) is 7.11 Å². The number of hydrogen-bond acceptors (Lipinski definition) is 5. The van der Waals surface area contributed by atoms with Crippen LogP contribution in [0.4, 0.5) is 0 Å². The molecule has 2 aromatic heterocycles. The van der Waals surface area contributed by atoms with Crippen molar-refractivity contribution in [1.29, 1.82) is 0 Å². The van der Waals surface area contributed by atoms with Gasteiger partial charge in [-0.05, 0) is 17.7 Å². The molecule has 164 valence electrons. The normalized spacial score (nSPS) is 11.0. The number of benzene rings is 3. The molecule has 0 atom stereocenters. The molecule has 0 amide bonds. The van der Waals surface area contributed by atoms with Crippen LogP contribution in [0.15, 0.2) is 83.7 Å². The zero-order valence-electron chi connectivity index (χ0n) is 18.3. The van der Waals surface area contributed by atoms with Crippen LogP contribution in [0, 0.1) is 0 Å². The second kappa shape index (κ2) is 8.63. The number of aromatic amines is 1. The number of hydrogen-bond donors (Lipinski definition) is 1. The van der Waals surface area contributed by atoms with Crippen molar-refractivity contribution in [3.8, 4) is 34.1 Å². The van der Waals surface area contributed by atoms with E-state index in [4.69, 9.17) is 14.5 Å². The van der Waals surface area contributed by atoms with Gasteiger partial charge in [-0.2, -0.15) is 5.10 Å². The van der Waals surface area contributed by atoms with Gasteiger partial charge in [0.1, 0.15) is 35.0 Å². The average molecular weight is 438 g/mol. The van der Waals surface area contributed by atoms with Gasteiger partial charge in [-0.15, -0.1) is 0 Å². The first-order chi connectivity index (χ1) is 16.1. The van der Waals surface area contributed by atoms with E-state index in [0.717, 1.165) is 11.1 Å². The van der Waals surface area contributed by atoms with Crippen molar-refractivity contribution in [2.45, 2.75) is 6.61 Å². The number of methoxy groups -OCH3 is 1. The highest BCUT2D eigenvalue weighted by Crippen LogP contribution is 2.32. The molecular weight excluding hydrogens is 416 g/mol. The molecule has 0 aliphatic heterocycles. The largest absolute Gasteiger partial charge is 0.496 e. The van der Waals surface area contributed by atoms with E-state index in [1.54, 1.807) is 24.9 Å². The van der Waals surface area contributed by atoms with Crippen molar-refractivity contribution >= 4 is 11.0 Å². The molecule has 1 N–H and O–H groups in total. The lowest BCUT2D eigenvalue weighted by molar-refractivity contribution is 0.304. The number of ether oxygens (including phenoxy) is 2. The molecule has 0 radical (unpaired) electrons. The summed E-state index contributed by atoms with van der Waals surface area (Å²) in [6.07, 6.45) is 0. The molecule has 7 nitrogen and oxygen atoms in total. The van der Waals surface area contributed by atoms with E-state index in [-0.39, 0.29) is 5.56 Å². The molecule has 7 heteroatoms. The van der Waals surface area contributed by atoms with Crippen LogP contribution in [0.3, 0.4) is 0 Å². The summed E-state index contributed by atoms with van der Waals surface area (Å²) in [5, 5.41) is 5.00. The van der Waals surface area contributed by atoms with Gasteiger partial charge in [0.05, 0.1) is 12.7 Å². The van der Waals surface area contributed by atoms with E-state index in [2.05, 4.69) is 10.1 Å². The Morgan fingerprint density at radius 1 is 0.970 bits per heavy atom. The maximum atomic E-state index is 13.1. The zero-order valence-corrected chi connectivity index (χ0v) is 18.3. The van der Waals surface area contributed by atoms with E-state index in [1.807, 2.05) is 72.8 Å². The molecule has 0 saturated carbocycles. The minimum absolute atomic E-state index is 0.256. The molecule has 33 heavy (non-hydrogen) atoms. The first-order valence-electron chi connectivity index (χ1n) is 10.5. The summed E-state index contributed by atoms with van der Waals surface area (Å²) in [7, 11) is 3.36. The Bertz CT molecular complexity index is 1470. The Hall–Kier alpha value is -4.39. The number of H-pyrrole nitrogens is 1. The van der Waals surface area contributed by atoms with Gasteiger partial charge < -0.3 is 14.5 Å². The summed E-state index contributed by atoms with van der Waals surface area (Å²) in [4.78, 5) is 20.7. The smallest absolute Gasteiger partial charge is 0.262 e. The molecule has 0 unspecified atom stereocenters. The maximum absolute atomic E-state index is 13.1. The predicted molar refractivity (Wildman–Crippen MR) is 127 cm³/mol. The van der Waals surface area contributed by atoms with Gasteiger partial charge in [0.2, 0.25) is 0 Å². The highest BCUT2D eigenvalue weighted by molar-refractivity contribution is 5.91. The Morgan fingerprint density at radius 3 is 2.42 bits per heavy atom. The number of nitrogens with one attached hydrogen (secondary N) is 1. The number of nitrogens with zero attached hydrogens (tertiary/aromatic N) is 3. The summed E-state index contributed by atoms with van der Waals surface area (Å²) in [6, 6.07) is 25.0. The zero-order chi connectivity index (χ0) is 22.8. The molecule has 0 spiro atoms. The van der Waals surface area contributed by atoms with E-state index >= 15 is 0 Å². The molecule has 2 heterocycles. The summed E-state index contributed by atoms with van der Waals surface area (Å²) >= 11 is 0. The van der Waals surface area contributed by atoms with Gasteiger partial charge in [-0.3, -0.25) is 4.79 Å². The number of aromatic nitrogens is 4. The molecule has 5 aromatic rings. The van der Waals surface area contributed by atoms with Crippen molar-refractivity contribution < 1.29 is 9.47 Å². The summed E-state index contributed by atoms with van der Waals surface area (Å²) in [6.45, 7) is 0.446. The van der Waals surface area contributed by atoms with Gasteiger partial charge in [0.15, 0.2) is 5.65 Å². The molecule has 0 fully saturated rings. The van der Waals surface area contributed by atoms with Gasteiger partial charge in [0, 0.05) is 18.7 Å². The quantitative estimate of drug-likeness (QED) is 0.420. The number of fused-ring (bicyclic) bond motifs is 1. The van der Waals surface area contributed by atoms with Crippen LogP contribution < -0.4 is 15.0 Å². The lowest BCUT2D eigenvalue weighted by Gasteiger charge is -2.12. The molecule has 0 bridgehead atoms. The second-order valence-corrected chi connectivity index (χ2v) is 7.59. The first-order valence-corrected chi connectivity index (χ1v) is 10.5. The standard InChI is InChI=1S/C26H22N4O3/c1-30-25-22(23(29-30)18-11-7-4-8-12-18)26(31)28-24(27-25)20-14-13-19(15-21(20)32-2)33-16-17-9-5-3-6-10-17/h3-15H,16H2,1-2H3,(H,27,28,31). The Labute approximate surface area is 190 Å². The highest BCUT2D eigenvalue weighted by atomic mass is 16.5. The summed E-state index contributed by atoms with van der Waals surface area (Å²) in [5.41, 5.74) is 3.44. The lowest BCUT2D eigenvalue weighted by atomic mass is 10.1. The topological polar surface area (TPSA) is 82.0 Å². The van der Waals surface area contributed by atoms with Crippen LogP contribution in [0.25, 0.3) is 33.7 Å². The van der Waals surface area contributed by atoms with Crippen molar-refractivity contribution in [2.24, 2.45) is 7.05 Å². The maximum Gasteiger partial charge on any atom is 0.262 e. The Kier molecular flexibility index (Phi) is 5.36. The first kappa shape index (κ1) is 20.5. The fourth-order valence-corrected chi connectivity index (χ4v) is 3.78. The minimum Gasteiger partial charge on any atom is -0.496 e. The summed E-state index contributed by atoms with van der Waals surface area (Å²) < 4.78 is 13.1. The minimum atomic E-state index is -0.256. The molecule has 0 aliphatic rings. The Balaban J connectivity index is 1.52. The SMILES string of the molecule is COc1cc(OCc2ccccc2)ccc1-c1nc2c(c(-c3ccccc3)nn2C)c(=O)[nH]1. The monoisotopic (exact) mass is 438 g/mol.